The van der Waals surface area contributed by atoms with Crippen LogP contribution < -0.4 is 22.1 Å². The molecule has 0 fully saturated rings. The Kier molecular flexibility index (Phi) is 8.11. The van der Waals surface area contributed by atoms with E-state index < -0.39 is 35.6 Å². The van der Waals surface area contributed by atoms with Crippen LogP contribution in [0.5, 0.6) is 0 Å². The Morgan fingerprint density at radius 1 is 0.882 bits per heavy atom. The van der Waals surface area contributed by atoms with Crippen molar-refractivity contribution < 1.29 is 19.5 Å². The van der Waals surface area contributed by atoms with E-state index in [-0.39, 0.29) is 25.2 Å². The molecule has 0 saturated carbocycles. The number of anilines is 1. The molecule has 5 N–H and O–H groups in total. The first-order chi connectivity index (χ1) is 16.3. The van der Waals surface area contributed by atoms with Gasteiger partial charge in [0.1, 0.15) is 24.4 Å². The summed E-state index contributed by atoms with van der Waals surface area (Å²) in [5, 5.41) is 14.8. The van der Waals surface area contributed by atoms with E-state index in [0.29, 0.717) is 0 Å². The lowest BCUT2D eigenvalue weighted by atomic mass is 10.0. The largest absolute Gasteiger partial charge is 0.480 e. The number of nitrogen functional groups attached to an aromatic ring is 1. The zero-order valence-electron chi connectivity index (χ0n) is 18.3. The molecule has 1 heterocycles. The number of carboxylic acids is 1. The van der Waals surface area contributed by atoms with Crippen LogP contribution in [0.4, 0.5) is 5.82 Å². The highest BCUT2D eigenvalue weighted by molar-refractivity contribution is 5.90. The van der Waals surface area contributed by atoms with E-state index in [1.54, 1.807) is 48.5 Å². The zero-order chi connectivity index (χ0) is 24.5. The Morgan fingerprint density at radius 3 is 1.97 bits per heavy atom. The van der Waals surface area contributed by atoms with Crippen LogP contribution in [0.1, 0.15) is 11.1 Å². The third-order valence-electron chi connectivity index (χ3n) is 5.04. The number of amides is 2. The van der Waals surface area contributed by atoms with Gasteiger partial charge in [0.05, 0.1) is 0 Å². The summed E-state index contributed by atoms with van der Waals surface area (Å²) >= 11 is 0. The number of nitrogens with two attached hydrogens (primary N) is 1. The third-order valence-corrected chi connectivity index (χ3v) is 5.04. The van der Waals surface area contributed by atoms with Gasteiger partial charge in [0.25, 0.3) is 0 Å². The highest BCUT2D eigenvalue weighted by atomic mass is 16.4. The molecule has 2 atom stereocenters. The fourth-order valence-electron chi connectivity index (χ4n) is 3.34. The first-order valence-corrected chi connectivity index (χ1v) is 10.5. The number of carboxylic acid groups (broad SMARTS) is 1. The molecule has 0 saturated heterocycles. The van der Waals surface area contributed by atoms with E-state index in [1.165, 1.54) is 12.3 Å². The molecule has 2 aromatic carbocycles. The molecule has 0 aliphatic rings. The summed E-state index contributed by atoms with van der Waals surface area (Å²) in [5.74, 6) is -2.43. The number of carbonyl (C=O) groups is 3. The van der Waals surface area contributed by atoms with Gasteiger partial charge < -0.3 is 21.5 Å². The topological polar surface area (TPSA) is 156 Å². The number of nitrogens with one attached hydrogen (secondary N) is 2. The highest BCUT2D eigenvalue weighted by Crippen LogP contribution is 2.07. The molecule has 0 spiro atoms. The quantitative estimate of drug-likeness (QED) is 0.338. The van der Waals surface area contributed by atoms with Gasteiger partial charge in [-0.05, 0) is 17.2 Å². The molecule has 34 heavy (non-hydrogen) atoms. The summed E-state index contributed by atoms with van der Waals surface area (Å²) in [5.41, 5.74) is 6.28. The molecular weight excluding hydrogens is 438 g/mol. The molecule has 1 aromatic heterocycles. The van der Waals surface area contributed by atoms with Crippen LogP contribution in [0.3, 0.4) is 0 Å². The molecular formula is C24H25N5O5. The predicted molar refractivity (Wildman–Crippen MR) is 125 cm³/mol. The third kappa shape index (κ3) is 7.02. The minimum Gasteiger partial charge on any atom is -0.480 e. The average molecular weight is 463 g/mol. The minimum absolute atomic E-state index is 0.0288. The van der Waals surface area contributed by atoms with Crippen molar-refractivity contribution in [1.82, 2.24) is 20.2 Å². The van der Waals surface area contributed by atoms with E-state index in [2.05, 4.69) is 15.6 Å². The van der Waals surface area contributed by atoms with Gasteiger partial charge in [0.15, 0.2) is 0 Å². The highest BCUT2D eigenvalue weighted by Gasteiger charge is 2.27. The number of hydrogen-bond donors (Lipinski definition) is 4. The standard InChI is InChI=1S/C24H25N5O5/c25-20-11-12-29(24(34)28-20)15-21(30)26-18(13-16-7-3-1-4-8-16)22(31)27-19(23(32)33)14-17-9-5-2-6-10-17/h1-12,18-19H,13-15H2,(H,26,30)(H,27,31)(H,32,33)(H2,25,28,34). The lowest BCUT2D eigenvalue weighted by molar-refractivity contribution is -0.142. The summed E-state index contributed by atoms with van der Waals surface area (Å²) in [6.45, 7) is -0.378. The van der Waals surface area contributed by atoms with Crippen molar-refractivity contribution in [2.24, 2.45) is 0 Å². The first-order valence-electron chi connectivity index (χ1n) is 10.5. The van der Waals surface area contributed by atoms with Crippen LogP contribution in [0.15, 0.2) is 77.7 Å². The van der Waals surface area contributed by atoms with Gasteiger partial charge in [-0.15, -0.1) is 0 Å². The second-order valence-electron chi connectivity index (χ2n) is 7.66. The fourth-order valence-corrected chi connectivity index (χ4v) is 3.34. The van der Waals surface area contributed by atoms with Crippen molar-refractivity contribution in [3.63, 3.8) is 0 Å². The maximum Gasteiger partial charge on any atom is 0.349 e. The van der Waals surface area contributed by atoms with E-state index in [0.717, 1.165) is 15.7 Å². The van der Waals surface area contributed by atoms with Gasteiger partial charge in [0, 0.05) is 19.0 Å². The van der Waals surface area contributed by atoms with Crippen molar-refractivity contribution in [2.75, 3.05) is 5.73 Å². The minimum atomic E-state index is -1.19. The SMILES string of the molecule is Nc1ccn(CC(=O)NC(Cc2ccccc2)C(=O)NC(Cc2ccccc2)C(=O)O)c(=O)n1. The molecule has 10 nitrogen and oxygen atoms in total. The maximum atomic E-state index is 13.1. The second-order valence-corrected chi connectivity index (χ2v) is 7.66. The molecule has 2 unspecified atom stereocenters. The number of carbonyl (C=O) groups excluding carboxylic acids is 2. The van der Waals surface area contributed by atoms with Crippen LogP contribution in [-0.4, -0.2) is 44.5 Å². The molecule has 3 rings (SSSR count). The summed E-state index contributed by atoms with van der Waals surface area (Å²) in [4.78, 5) is 53.0. The Balaban J connectivity index is 1.75. The van der Waals surface area contributed by atoms with Crippen LogP contribution in [0, 0.1) is 0 Å². The normalized spacial score (nSPS) is 12.4. The first kappa shape index (κ1) is 24.2. The van der Waals surface area contributed by atoms with Gasteiger partial charge >= 0.3 is 11.7 Å². The van der Waals surface area contributed by atoms with Gasteiger partial charge in [0.2, 0.25) is 11.8 Å². The van der Waals surface area contributed by atoms with Gasteiger partial charge in [-0.2, -0.15) is 4.98 Å². The zero-order valence-corrected chi connectivity index (χ0v) is 18.3. The molecule has 2 amide bonds. The molecule has 0 aliphatic heterocycles. The second kappa shape index (κ2) is 11.4. The van der Waals surface area contributed by atoms with E-state index in [4.69, 9.17) is 5.73 Å². The Labute approximate surface area is 195 Å². The van der Waals surface area contributed by atoms with Gasteiger partial charge in [-0.3, -0.25) is 14.2 Å². The number of benzene rings is 2. The van der Waals surface area contributed by atoms with Crippen molar-refractivity contribution in [1.29, 1.82) is 0 Å². The summed E-state index contributed by atoms with van der Waals surface area (Å²) in [7, 11) is 0. The molecule has 3 aromatic rings. The molecule has 0 radical (unpaired) electrons. The summed E-state index contributed by atoms with van der Waals surface area (Å²) < 4.78 is 1.05. The number of hydrogen-bond acceptors (Lipinski definition) is 6. The monoisotopic (exact) mass is 463 g/mol. The van der Waals surface area contributed by atoms with Crippen LogP contribution in [0.25, 0.3) is 0 Å². The lowest BCUT2D eigenvalue weighted by Crippen LogP contribution is -2.53. The summed E-state index contributed by atoms with van der Waals surface area (Å²) in [6.07, 6.45) is 1.54. The number of aliphatic carboxylic acids is 1. The van der Waals surface area contributed by atoms with Crippen molar-refractivity contribution >= 4 is 23.6 Å². The van der Waals surface area contributed by atoms with Gasteiger partial charge in [-0.25, -0.2) is 9.59 Å². The Bertz CT molecular complexity index is 1200. The average Bonchev–Trinajstić information content (AvgIpc) is 2.81. The van der Waals surface area contributed by atoms with E-state index >= 15 is 0 Å². The van der Waals surface area contributed by atoms with Crippen molar-refractivity contribution in [2.45, 2.75) is 31.5 Å². The molecule has 10 heteroatoms. The van der Waals surface area contributed by atoms with E-state index in [9.17, 15) is 24.3 Å². The van der Waals surface area contributed by atoms with Crippen LogP contribution >= 0.6 is 0 Å². The van der Waals surface area contributed by atoms with E-state index in [1.807, 2.05) is 12.1 Å². The van der Waals surface area contributed by atoms with Crippen molar-refractivity contribution in [3.8, 4) is 0 Å². The maximum absolute atomic E-state index is 13.1. The molecule has 0 aliphatic carbocycles. The number of aromatic nitrogens is 2. The van der Waals surface area contributed by atoms with Crippen LogP contribution in [0.2, 0.25) is 0 Å². The fraction of sp³-hybridized carbons (Fsp3) is 0.208. The Hall–Kier alpha value is -4.47. The number of nitrogens with zero attached hydrogens (tertiary/aromatic N) is 2. The predicted octanol–water partition coefficient (Wildman–Crippen LogP) is 0.365. The summed E-state index contributed by atoms with van der Waals surface area (Å²) in [6, 6.07) is 17.0. The molecule has 176 valence electrons. The molecule has 0 bridgehead atoms. The number of rotatable bonds is 10. The van der Waals surface area contributed by atoms with Crippen LogP contribution in [-0.2, 0) is 33.8 Å². The Morgan fingerprint density at radius 2 is 1.44 bits per heavy atom. The smallest absolute Gasteiger partial charge is 0.349 e. The lowest BCUT2D eigenvalue weighted by Gasteiger charge is -2.22. The van der Waals surface area contributed by atoms with Gasteiger partial charge in [-0.1, -0.05) is 60.7 Å². The van der Waals surface area contributed by atoms with Crippen molar-refractivity contribution in [3.05, 3.63) is 94.5 Å².